The molecule has 36 heavy (non-hydrogen) atoms. The van der Waals surface area contributed by atoms with E-state index in [4.69, 9.17) is 4.52 Å². The van der Waals surface area contributed by atoms with Gasteiger partial charge in [0.05, 0.1) is 6.04 Å². The van der Waals surface area contributed by atoms with Gasteiger partial charge in [0.15, 0.2) is 0 Å². The number of carbonyl (C=O) groups excluding carboxylic acids is 2. The second-order valence-electron chi connectivity index (χ2n) is 9.87. The Bertz CT molecular complexity index is 1150. The van der Waals surface area contributed by atoms with E-state index in [1.165, 1.54) is 5.56 Å². The van der Waals surface area contributed by atoms with E-state index < -0.39 is 6.04 Å². The number of benzene rings is 2. The fourth-order valence-corrected chi connectivity index (χ4v) is 4.42. The molecule has 3 aromatic rings. The molecule has 0 aliphatic carbocycles. The van der Waals surface area contributed by atoms with Gasteiger partial charge in [-0.1, -0.05) is 79.2 Å². The minimum atomic E-state index is -0.686. The van der Waals surface area contributed by atoms with Crippen molar-refractivity contribution in [3.63, 3.8) is 0 Å². The largest absolute Gasteiger partial charge is 0.341 e. The van der Waals surface area contributed by atoms with Crippen molar-refractivity contribution in [3.8, 4) is 11.4 Å². The quantitative estimate of drug-likeness (QED) is 0.511. The summed E-state index contributed by atoms with van der Waals surface area (Å²) in [4.78, 5) is 34.7. The topological polar surface area (TPSA) is 91.6 Å². The molecule has 0 radical (unpaired) electrons. The normalized spacial score (nSPS) is 16.1. The molecule has 1 fully saturated rings. The Morgan fingerprint density at radius 2 is 1.64 bits per heavy atom. The summed E-state index contributed by atoms with van der Waals surface area (Å²) in [5, 5.41) is 7.13. The molecule has 2 unspecified atom stereocenters. The highest BCUT2D eigenvalue weighted by Crippen LogP contribution is 2.25. The van der Waals surface area contributed by atoms with Gasteiger partial charge in [-0.3, -0.25) is 14.5 Å². The van der Waals surface area contributed by atoms with Crippen LogP contribution in [-0.4, -0.2) is 57.9 Å². The Morgan fingerprint density at radius 3 is 2.28 bits per heavy atom. The smallest absolute Gasteiger partial charge is 0.249 e. The van der Waals surface area contributed by atoms with Crippen molar-refractivity contribution in [3.05, 3.63) is 71.6 Å². The molecule has 2 aromatic carbocycles. The van der Waals surface area contributed by atoms with Crippen LogP contribution in [0.4, 0.5) is 0 Å². The van der Waals surface area contributed by atoms with E-state index >= 15 is 0 Å². The third kappa shape index (κ3) is 6.18. The van der Waals surface area contributed by atoms with Crippen LogP contribution in [0.3, 0.4) is 0 Å². The molecule has 4 rings (SSSR count). The maximum atomic E-state index is 13.5. The average molecular weight is 490 g/mol. The lowest BCUT2D eigenvalue weighted by Gasteiger charge is -2.38. The van der Waals surface area contributed by atoms with E-state index in [2.05, 4.69) is 20.4 Å². The number of aromatic nitrogens is 2. The zero-order valence-electron chi connectivity index (χ0n) is 21.5. The van der Waals surface area contributed by atoms with Crippen LogP contribution in [0, 0.1) is 12.8 Å². The molecule has 1 aliphatic heterocycles. The van der Waals surface area contributed by atoms with Crippen LogP contribution < -0.4 is 5.32 Å². The van der Waals surface area contributed by atoms with Crippen LogP contribution in [0.5, 0.6) is 0 Å². The zero-order valence-corrected chi connectivity index (χ0v) is 21.5. The van der Waals surface area contributed by atoms with Crippen LogP contribution in [-0.2, 0) is 9.59 Å². The lowest BCUT2D eigenvalue weighted by molar-refractivity contribution is -0.138. The number of nitrogens with zero attached hydrogens (tertiary/aromatic N) is 4. The fourth-order valence-electron chi connectivity index (χ4n) is 4.42. The summed E-state index contributed by atoms with van der Waals surface area (Å²) in [5.74, 6) is 1.17. The monoisotopic (exact) mass is 489 g/mol. The van der Waals surface area contributed by atoms with Gasteiger partial charge >= 0.3 is 0 Å². The molecule has 1 saturated heterocycles. The molecule has 1 aliphatic rings. The molecule has 0 bridgehead atoms. The van der Waals surface area contributed by atoms with Gasteiger partial charge in [-0.15, -0.1) is 0 Å². The van der Waals surface area contributed by atoms with Crippen molar-refractivity contribution in [1.82, 2.24) is 25.3 Å². The van der Waals surface area contributed by atoms with E-state index in [-0.39, 0.29) is 23.8 Å². The second-order valence-corrected chi connectivity index (χ2v) is 9.87. The predicted molar refractivity (Wildman–Crippen MR) is 138 cm³/mol. The van der Waals surface area contributed by atoms with Gasteiger partial charge in [0.2, 0.25) is 23.5 Å². The van der Waals surface area contributed by atoms with Crippen molar-refractivity contribution in [2.24, 2.45) is 5.92 Å². The van der Waals surface area contributed by atoms with Gasteiger partial charge < -0.3 is 14.7 Å². The van der Waals surface area contributed by atoms with Gasteiger partial charge in [-0.25, -0.2) is 0 Å². The van der Waals surface area contributed by atoms with Crippen molar-refractivity contribution < 1.29 is 14.1 Å². The fraction of sp³-hybridized carbons (Fsp3) is 0.429. The third-order valence-electron chi connectivity index (χ3n) is 6.56. The molecule has 2 heterocycles. The van der Waals surface area contributed by atoms with Crippen molar-refractivity contribution in [1.29, 1.82) is 0 Å². The molecule has 0 spiro atoms. The van der Waals surface area contributed by atoms with Gasteiger partial charge in [0.25, 0.3) is 0 Å². The van der Waals surface area contributed by atoms with Crippen molar-refractivity contribution >= 4 is 11.8 Å². The predicted octanol–water partition coefficient (Wildman–Crippen LogP) is 4.15. The van der Waals surface area contributed by atoms with E-state index in [1.807, 2.05) is 87.2 Å². The van der Waals surface area contributed by atoms with Gasteiger partial charge in [0.1, 0.15) is 6.04 Å². The van der Waals surface area contributed by atoms with Crippen LogP contribution in [0.1, 0.15) is 56.3 Å². The number of aryl methyl sites for hydroxylation is 1. The molecule has 2 atom stereocenters. The third-order valence-corrected chi connectivity index (χ3v) is 6.56. The Hall–Kier alpha value is -3.52. The van der Waals surface area contributed by atoms with Gasteiger partial charge in [-0.2, -0.15) is 4.98 Å². The molecular weight excluding hydrogens is 454 g/mol. The molecule has 1 aromatic heterocycles. The lowest BCUT2D eigenvalue weighted by atomic mass is 10.0. The van der Waals surface area contributed by atoms with Crippen LogP contribution in [0.25, 0.3) is 11.4 Å². The Labute approximate surface area is 212 Å². The number of carbonyl (C=O) groups is 2. The highest BCUT2D eigenvalue weighted by molar-refractivity contribution is 5.88. The van der Waals surface area contributed by atoms with Crippen molar-refractivity contribution in [2.75, 3.05) is 26.2 Å². The standard InChI is InChI=1S/C28H35N5O3/c1-19(2)18-24(34)29-25(22-8-6-5-7-9-22)28(35)33-16-14-32(15-17-33)21(4)27-30-26(31-36-27)23-12-10-20(3)11-13-23/h5-13,19,21,25H,14-18H2,1-4H3,(H,29,34). The first kappa shape index (κ1) is 25.6. The molecule has 190 valence electrons. The molecule has 2 amide bonds. The summed E-state index contributed by atoms with van der Waals surface area (Å²) in [6.07, 6.45) is 0.386. The Morgan fingerprint density at radius 1 is 0.972 bits per heavy atom. The first-order valence-corrected chi connectivity index (χ1v) is 12.6. The summed E-state index contributed by atoms with van der Waals surface area (Å²) in [7, 11) is 0. The summed E-state index contributed by atoms with van der Waals surface area (Å²) >= 11 is 0. The van der Waals surface area contributed by atoms with Gasteiger partial charge in [-0.05, 0) is 25.3 Å². The number of hydrogen-bond donors (Lipinski definition) is 1. The maximum absolute atomic E-state index is 13.5. The van der Waals surface area contributed by atoms with E-state index in [9.17, 15) is 9.59 Å². The van der Waals surface area contributed by atoms with Crippen LogP contribution in [0.2, 0.25) is 0 Å². The highest BCUT2D eigenvalue weighted by Gasteiger charge is 2.32. The van der Waals surface area contributed by atoms with E-state index in [0.717, 1.165) is 11.1 Å². The maximum Gasteiger partial charge on any atom is 0.249 e. The van der Waals surface area contributed by atoms with E-state index in [0.29, 0.717) is 44.3 Å². The SMILES string of the molecule is Cc1ccc(-c2noc(C(C)N3CCN(C(=O)C(NC(=O)CC(C)C)c4ccccc4)CC3)n2)cc1. The summed E-state index contributed by atoms with van der Waals surface area (Å²) in [6.45, 7) is 10.5. The zero-order chi connectivity index (χ0) is 25.7. The van der Waals surface area contributed by atoms with Crippen LogP contribution >= 0.6 is 0 Å². The number of amides is 2. The number of rotatable bonds is 8. The van der Waals surface area contributed by atoms with Gasteiger partial charge in [0, 0.05) is 38.2 Å². The molecule has 1 N–H and O–H groups in total. The first-order chi connectivity index (χ1) is 17.3. The summed E-state index contributed by atoms with van der Waals surface area (Å²) in [5.41, 5.74) is 2.90. The second kappa shape index (κ2) is 11.5. The number of hydrogen-bond acceptors (Lipinski definition) is 6. The van der Waals surface area contributed by atoms with E-state index in [1.54, 1.807) is 0 Å². The van der Waals surface area contributed by atoms with Crippen LogP contribution in [0.15, 0.2) is 59.1 Å². The minimum Gasteiger partial charge on any atom is -0.341 e. The van der Waals surface area contributed by atoms with Crippen molar-refractivity contribution in [2.45, 2.75) is 46.2 Å². The number of piperazine rings is 1. The Balaban J connectivity index is 1.39. The number of nitrogens with one attached hydrogen (secondary N) is 1. The lowest BCUT2D eigenvalue weighted by Crippen LogP contribution is -2.52. The highest BCUT2D eigenvalue weighted by atomic mass is 16.5. The Kier molecular flexibility index (Phi) is 8.15. The molecule has 8 heteroatoms. The molecular formula is C28H35N5O3. The summed E-state index contributed by atoms with van der Waals surface area (Å²) in [6, 6.07) is 16.7. The summed E-state index contributed by atoms with van der Waals surface area (Å²) < 4.78 is 5.58. The first-order valence-electron chi connectivity index (χ1n) is 12.6. The minimum absolute atomic E-state index is 0.0652. The average Bonchev–Trinajstić information content (AvgIpc) is 3.37. The molecule has 8 nitrogen and oxygen atoms in total. The molecule has 0 saturated carbocycles.